The molecular weight excluding hydrogens is 512 g/mol. The Kier molecular flexibility index (Phi) is 7.98. The molecule has 0 bridgehead atoms. The van der Waals surface area contributed by atoms with Crippen LogP contribution < -0.4 is 14.8 Å². The number of nitrogens with zero attached hydrogens (tertiary/aromatic N) is 1. The molecule has 9 nitrogen and oxygen atoms in total. The summed E-state index contributed by atoms with van der Waals surface area (Å²) in [6.45, 7) is 4.64. The van der Waals surface area contributed by atoms with Crippen molar-refractivity contribution in [1.29, 1.82) is 0 Å². The second-order valence-electron chi connectivity index (χ2n) is 9.51. The molecule has 37 heavy (non-hydrogen) atoms. The largest absolute Gasteiger partial charge is 0.489 e. The molecule has 4 N–H and O–H groups in total. The van der Waals surface area contributed by atoms with Crippen molar-refractivity contribution < 1.29 is 23.0 Å². The van der Waals surface area contributed by atoms with E-state index in [-0.39, 0.29) is 17.0 Å². The minimum Gasteiger partial charge on any atom is -0.489 e. The Hall–Kier alpha value is -3.25. The maximum atomic E-state index is 11.6. The molecule has 2 aromatic carbocycles. The molecule has 0 spiro atoms. The molecule has 0 saturated carbocycles. The average molecular weight is 543 g/mol. The van der Waals surface area contributed by atoms with Gasteiger partial charge in [-0.1, -0.05) is 18.2 Å². The minimum atomic E-state index is -3.30. The zero-order valence-electron chi connectivity index (χ0n) is 20.8. The number of benzene rings is 2. The van der Waals surface area contributed by atoms with E-state index in [0.717, 1.165) is 29.3 Å². The van der Waals surface area contributed by atoms with Crippen LogP contribution in [0.2, 0.25) is 0 Å². The van der Waals surface area contributed by atoms with Gasteiger partial charge < -0.3 is 29.9 Å². The lowest BCUT2D eigenvalue weighted by molar-refractivity contribution is 0.0995. The summed E-state index contributed by atoms with van der Waals surface area (Å²) in [7, 11) is -3.30. The molecule has 196 valence electrons. The fourth-order valence-corrected chi connectivity index (χ4v) is 4.58. The van der Waals surface area contributed by atoms with Crippen molar-refractivity contribution in [2.45, 2.75) is 36.8 Å². The lowest BCUT2D eigenvalue weighted by Crippen LogP contribution is -2.46. The predicted molar refractivity (Wildman–Crippen MR) is 145 cm³/mol. The van der Waals surface area contributed by atoms with E-state index in [1.165, 1.54) is 18.3 Å². The van der Waals surface area contributed by atoms with Crippen molar-refractivity contribution >= 4 is 33.1 Å². The molecule has 0 aliphatic heterocycles. The van der Waals surface area contributed by atoms with Gasteiger partial charge in [-0.25, -0.2) is 13.4 Å². The second-order valence-corrected chi connectivity index (χ2v) is 11.9. The van der Waals surface area contributed by atoms with E-state index in [4.69, 9.17) is 21.7 Å². The number of aliphatic hydroxyl groups is 1. The van der Waals surface area contributed by atoms with Crippen LogP contribution in [0.25, 0.3) is 11.0 Å². The van der Waals surface area contributed by atoms with Crippen molar-refractivity contribution in [3.8, 4) is 17.4 Å². The van der Waals surface area contributed by atoms with Crippen LogP contribution in [-0.2, 0) is 16.3 Å². The monoisotopic (exact) mass is 542 g/mol. The molecule has 1 atom stereocenters. The summed E-state index contributed by atoms with van der Waals surface area (Å²) in [5.41, 5.74) is 2.44. The maximum Gasteiger partial charge on any atom is 0.219 e. The fraction of sp³-hybridized carbons (Fsp3) is 0.308. The molecule has 0 aliphatic rings. The quantitative estimate of drug-likeness (QED) is 0.208. The summed E-state index contributed by atoms with van der Waals surface area (Å²) in [6, 6.07) is 16.2. The molecule has 0 saturated heterocycles. The Bertz CT molecular complexity index is 1510. The molecule has 4 aromatic rings. The number of rotatable bonds is 11. The van der Waals surface area contributed by atoms with Crippen LogP contribution in [0.4, 0.5) is 0 Å². The highest BCUT2D eigenvalue weighted by molar-refractivity contribution is 7.90. The number of sulfone groups is 1. The number of imidazole rings is 1. The standard InChI is InChI=1S/C26H30N4O5S2/c1-26(2,28-14-18(31)16-34-22-6-4-5-21-24(22)30-25(36)29-21)13-17-7-9-19(10-8-17)35-23-12-11-20(15-27-23)37(3,32)33/h4-12,15,18,28,31H,13-14,16H2,1-3H3,(H2,29,30,36)/t18-/m1/s1. The third-order valence-corrected chi connectivity index (χ3v) is 6.99. The summed E-state index contributed by atoms with van der Waals surface area (Å²) in [5, 5.41) is 13.9. The first-order valence-corrected chi connectivity index (χ1v) is 14.0. The van der Waals surface area contributed by atoms with E-state index in [0.29, 0.717) is 28.7 Å². The van der Waals surface area contributed by atoms with Crippen LogP contribution in [0.3, 0.4) is 0 Å². The predicted octanol–water partition coefficient (Wildman–Crippen LogP) is 4.17. The van der Waals surface area contributed by atoms with Gasteiger partial charge in [-0.2, -0.15) is 0 Å². The van der Waals surface area contributed by atoms with E-state index in [1.54, 1.807) is 0 Å². The number of ether oxygens (including phenoxy) is 2. The van der Waals surface area contributed by atoms with Gasteiger partial charge in [0.15, 0.2) is 14.6 Å². The second kappa shape index (κ2) is 11.0. The Morgan fingerprint density at radius 3 is 2.54 bits per heavy atom. The first kappa shape index (κ1) is 26.8. The maximum absolute atomic E-state index is 11.6. The highest BCUT2D eigenvalue weighted by atomic mass is 32.2. The van der Waals surface area contributed by atoms with Crippen molar-refractivity contribution in [2.75, 3.05) is 19.4 Å². The number of fused-ring (bicyclic) bond motifs is 1. The minimum absolute atomic E-state index is 0.138. The molecule has 0 radical (unpaired) electrons. The van der Waals surface area contributed by atoms with Gasteiger partial charge >= 0.3 is 0 Å². The number of pyridine rings is 1. The molecular formula is C26H30N4O5S2. The van der Waals surface area contributed by atoms with Crippen LogP contribution >= 0.6 is 12.2 Å². The Balaban J connectivity index is 1.26. The zero-order valence-corrected chi connectivity index (χ0v) is 22.4. The third-order valence-electron chi connectivity index (χ3n) is 5.69. The average Bonchev–Trinajstić information content (AvgIpc) is 3.23. The smallest absolute Gasteiger partial charge is 0.219 e. The molecule has 2 aromatic heterocycles. The molecule has 11 heteroatoms. The SMILES string of the molecule is CC(C)(Cc1ccc(Oc2ccc(S(C)(=O)=O)cn2)cc1)NC[C@@H](O)COc1cccc2[nH]c(=S)[nH]c12. The Labute approximate surface area is 220 Å². The highest BCUT2D eigenvalue weighted by Gasteiger charge is 2.20. The van der Waals surface area contributed by atoms with Gasteiger partial charge in [0, 0.05) is 30.6 Å². The van der Waals surface area contributed by atoms with E-state index in [9.17, 15) is 13.5 Å². The van der Waals surface area contributed by atoms with Crippen molar-refractivity contribution in [1.82, 2.24) is 20.3 Å². The van der Waals surface area contributed by atoms with Crippen LogP contribution in [0.15, 0.2) is 65.7 Å². The molecule has 2 heterocycles. The summed E-state index contributed by atoms with van der Waals surface area (Å²) in [4.78, 5) is 10.3. The van der Waals surface area contributed by atoms with Crippen LogP contribution in [0, 0.1) is 4.77 Å². The van der Waals surface area contributed by atoms with Gasteiger partial charge in [0.2, 0.25) is 5.88 Å². The Morgan fingerprint density at radius 1 is 1.11 bits per heavy atom. The van der Waals surface area contributed by atoms with Gasteiger partial charge in [-0.05, 0) is 68.4 Å². The molecule has 0 unspecified atom stereocenters. The topological polar surface area (TPSA) is 129 Å². The molecule has 0 amide bonds. The van der Waals surface area contributed by atoms with E-state index in [2.05, 4.69) is 34.1 Å². The van der Waals surface area contributed by atoms with E-state index in [1.807, 2.05) is 42.5 Å². The number of aliphatic hydroxyl groups excluding tert-OH is 1. The summed E-state index contributed by atoms with van der Waals surface area (Å²) in [6.07, 6.45) is 2.44. The number of hydrogen-bond acceptors (Lipinski definition) is 8. The van der Waals surface area contributed by atoms with Crippen molar-refractivity contribution in [3.05, 3.63) is 71.1 Å². The number of para-hydroxylation sites is 1. The Morgan fingerprint density at radius 2 is 1.86 bits per heavy atom. The highest BCUT2D eigenvalue weighted by Crippen LogP contribution is 2.24. The van der Waals surface area contributed by atoms with E-state index >= 15 is 0 Å². The van der Waals surface area contributed by atoms with Crippen LogP contribution in [0.5, 0.6) is 17.4 Å². The molecule has 4 rings (SSSR count). The van der Waals surface area contributed by atoms with Gasteiger partial charge in [0.05, 0.1) is 10.4 Å². The third kappa shape index (κ3) is 7.39. The fourth-order valence-electron chi connectivity index (χ4n) is 3.81. The zero-order chi connectivity index (χ0) is 26.6. The summed E-state index contributed by atoms with van der Waals surface area (Å²) in [5.74, 6) is 1.54. The van der Waals surface area contributed by atoms with Gasteiger partial charge in [0.1, 0.15) is 29.7 Å². The van der Waals surface area contributed by atoms with Crippen LogP contribution in [0.1, 0.15) is 19.4 Å². The molecule has 0 fully saturated rings. The number of aromatic nitrogens is 3. The normalized spacial score (nSPS) is 13.0. The number of nitrogens with one attached hydrogen (secondary N) is 3. The number of aromatic amines is 2. The summed E-state index contributed by atoms with van der Waals surface area (Å²) >= 11 is 5.14. The van der Waals surface area contributed by atoms with Crippen molar-refractivity contribution in [2.24, 2.45) is 0 Å². The van der Waals surface area contributed by atoms with Gasteiger partial charge in [0.25, 0.3) is 0 Å². The van der Waals surface area contributed by atoms with Gasteiger partial charge in [-0.15, -0.1) is 0 Å². The lowest BCUT2D eigenvalue weighted by atomic mass is 9.94. The van der Waals surface area contributed by atoms with Crippen LogP contribution in [-0.4, -0.2) is 59.5 Å². The van der Waals surface area contributed by atoms with Crippen molar-refractivity contribution in [3.63, 3.8) is 0 Å². The van der Waals surface area contributed by atoms with Gasteiger partial charge in [-0.3, -0.25) is 0 Å². The first-order chi connectivity index (χ1) is 17.5. The summed E-state index contributed by atoms with van der Waals surface area (Å²) < 4.78 is 35.2. The van der Waals surface area contributed by atoms with E-state index < -0.39 is 15.9 Å². The number of β-amino-alcohol motifs (C(OH)–C–C–N with tert-alkyl or cyclic N) is 1. The lowest BCUT2D eigenvalue weighted by Gasteiger charge is -2.28. The number of hydrogen-bond donors (Lipinski definition) is 4. The first-order valence-electron chi connectivity index (χ1n) is 11.7. The number of H-pyrrole nitrogens is 2. The molecule has 0 aliphatic carbocycles.